The maximum atomic E-state index is 8.74. The number of hydroxylamine groups is 2. The molecule has 6 N–H and O–H groups in total. The largest absolute Gasteiger partial charge is 0.394 e. The van der Waals surface area contributed by atoms with E-state index in [1.807, 2.05) is 24.8 Å². The lowest BCUT2D eigenvalue weighted by Crippen LogP contribution is -2.02. The molecule has 0 aliphatic heterocycles. The minimum absolute atomic E-state index is 0.625. The van der Waals surface area contributed by atoms with Crippen LogP contribution in [0.15, 0.2) is 0 Å². The first-order chi connectivity index (χ1) is 5.83. The van der Waals surface area contributed by atoms with E-state index in [0.717, 1.165) is 0 Å². The maximum Gasteiger partial charge on any atom is 0.394 e. The summed E-state index contributed by atoms with van der Waals surface area (Å²) in [7, 11) is -4.67. The summed E-state index contributed by atoms with van der Waals surface area (Å²) in [5.74, 6) is 0. The van der Waals surface area contributed by atoms with E-state index >= 15 is 0 Å². The van der Waals surface area contributed by atoms with Gasteiger partial charge in [-0.25, -0.2) is 11.0 Å². The molecule has 0 saturated heterocycles. The van der Waals surface area contributed by atoms with E-state index in [1.165, 1.54) is 0 Å². The fourth-order valence-electron chi connectivity index (χ4n) is 0. The Morgan fingerprint density at radius 3 is 1.08 bits per heavy atom. The highest BCUT2D eigenvalue weighted by atomic mass is 32.3. The van der Waals surface area contributed by atoms with Gasteiger partial charge in [-0.1, -0.05) is 13.8 Å². The molecule has 0 bridgehead atoms. The van der Waals surface area contributed by atoms with E-state index in [9.17, 15) is 0 Å². The Morgan fingerprint density at radius 1 is 1.00 bits per heavy atom. The Balaban J connectivity index is -0.000000117. The fraction of sp³-hybridized carbons (Fsp3) is 1.00. The number of nitrogens with one attached hydrogen (secondary N) is 2. The summed E-state index contributed by atoms with van der Waals surface area (Å²) in [4.78, 5) is 0. The van der Waals surface area contributed by atoms with Crippen molar-refractivity contribution in [3.8, 4) is 0 Å². The normalized spacial score (nSPS) is 9.08. The molecule has 0 spiro atoms. The first-order valence-corrected chi connectivity index (χ1v) is 4.66. The highest BCUT2D eigenvalue weighted by molar-refractivity contribution is 7.79. The lowest BCUT2D eigenvalue weighted by Gasteiger charge is -1.75. The molecule has 0 radical (unpaired) electrons. The van der Waals surface area contributed by atoms with Crippen molar-refractivity contribution in [3.05, 3.63) is 0 Å². The lowest BCUT2D eigenvalue weighted by atomic mass is 10.8. The van der Waals surface area contributed by atoms with E-state index < -0.39 is 10.4 Å². The lowest BCUT2D eigenvalue weighted by molar-refractivity contribution is 0.173. The Bertz CT molecular complexity index is 142. The first kappa shape index (κ1) is 18.5. The molecular formula is C4H16N2O6S. The molecule has 0 aromatic carbocycles. The molecule has 84 valence electrons. The maximum absolute atomic E-state index is 8.74. The minimum atomic E-state index is -4.67. The van der Waals surface area contributed by atoms with Gasteiger partial charge in [-0.3, -0.25) is 9.11 Å². The second-order valence-corrected chi connectivity index (χ2v) is 2.37. The fourth-order valence-corrected chi connectivity index (χ4v) is 0. The van der Waals surface area contributed by atoms with Crippen molar-refractivity contribution in [1.29, 1.82) is 0 Å². The van der Waals surface area contributed by atoms with Crippen molar-refractivity contribution in [2.24, 2.45) is 0 Å². The quantitative estimate of drug-likeness (QED) is 0.266. The van der Waals surface area contributed by atoms with Gasteiger partial charge in [0.05, 0.1) is 0 Å². The molecule has 0 aromatic heterocycles. The molecule has 0 aliphatic rings. The molecule has 13 heavy (non-hydrogen) atoms. The van der Waals surface area contributed by atoms with E-state index in [2.05, 4.69) is 0 Å². The summed E-state index contributed by atoms with van der Waals surface area (Å²) in [6.45, 7) is 4.89. The minimum Gasteiger partial charge on any atom is -0.317 e. The number of hydrogen-bond donors (Lipinski definition) is 6. The zero-order valence-electron chi connectivity index (χ0n) is 7.43. The monoisotopic (exact) mass is 220 g/mol. The van der Waals surface area contributed by atoms with Gasteiger partial charge in [-0.2, -0.15) is 8.42 Å². The predicted molar refractivity (Wildman–Crippen MR) is 45.1 cm³/mol. The van der Waals surface area contributed by atoms with Crippen LogP contribution in [0.25, 0.3) is 0 Å². The van der Waals surface area contributed by atoms with E-state index in [1.54, 1.807) is 0 Å². The molecule has 0 rings (SSSR count). The zero-order valence-corrected chi connectivity index (χ0v) is 8.24. The van der Waals surface area contributed by atoms with Crippen LogP contribution in [0.4, 0.5) is 0 Å². The van der Waals surface area contributed by atoms with Crippen molar-refractivity contribution in [2.45, 2.75) is 13.8 Å². The molecule has 0 saturated carbocycles. The summed E-state index contributed by atoms with van der Waals surface area (Å²) in [6.07, 6.45) is 0. The summed E-state index contributed by atoms with van der Waals surface area (Å²) >= 11 is 0. The summed E-state index contributed by atoms with van der Waals surface area (Å²) < 4.78 is 31.6. The Kier molecular flexibility index (Phi) is 20.3. The number of rotatable bonds is 2. The molecule has 0 atom stereocenters. The smallest absolute Gasteiger partial charge is 0.317 e. The third-order valence-electron chi connectivity index (χ3n) is 0.316. The summed E-state index contributed by atoms with van der Waals surface area (Å²) in [5, 5.41) is 15.2. The molecule has 8 nitrogen and oxygen atoms in total. The van der Waals surface area contributed by atoms with Crippen LogP contribution in [0.2, 0.25) is 0 Å². The molecule has 0 heterocycles. The molecule has 9 heteroatoms. The van der Waals surface area contributed by atoms with Crippen molar-refractivity contribution in [2.75, 3.05) is 13.1 Å². The average molecular weight is 220 g/mol. The molecule has 0 aromatic rings. The third-order valence-corrected chi connectivity index (χ3v) is 0.316. The van der Waals surface area contributed by atoms with Crippen LogP contribution < -0.4 is 11.0 Å². The van der Waals surface area contributed by atoms with E-state index in [-0.39, 0.29) is 0 Å². The zero-order chi connectivity index (χ0) is 11.3. The van der Waals surface area contributed by atoms with Gasteiger partial charge in [0, 0.05) is 13.1 Å². The van der Waals surface area contributed by atoms with Crippen molar-refractivity contribution in [3.63, 3.8) is 0 Å². The molecule has 0 unspecified atom stereocenters. The predicted octanol–water partition coefficient (Wildman–Crippen LogP) is -0.683. The topological polar surface area (TPSA) is 139 Å². The van der Waals surface area contributed by atoms with Gasteiger partial charge in [-0.15, -0.1) is 0 Å². The van der Waals surface area contributed by atoms with Gasteiger partial charge >= 0.3 is 10.4 Å². The van der Waals surface area contributed by atoms with Gasteiger partial charge in [-0.05, 0) is 0 Å². The Hall–Kier alpha value is -0.290. The van der Waals surface area contributed by atoms with Crippen molar-refractivity contribution < 1.29 is 27.9 Å². The van der Waals surface area contributed by atoms with E-state index in [0.29, 0.717) is 13.1 Å². The molecule has 0 aliphatic carbocycles. The highest BCUT2D eigenvalue weighted by Gasteiger charge is 1.84. The van der Waals surface area contributed by atoms with E-state index in [4.69, 9.17) is 27.9 Å². The van der Waals surface area contributed by atoms with Crippen molar-refractivity contribution in [1.82, 2.24) is 11.0 Å². The van der Waals surface area contributed by atoms with Crippen LogP contribution in [-0.2, 0) is 10.4 Å². The van der Waals surface area contributed by atoms with Crippen LogP contribution in [0.3, 0.4) is 0 Å². The van der Waals surface area contributed by atoms with Crippen LogP contribution in [0, 0.1) is 0 Å². The van der Waals surface area contributed by atoms with Gasteiger partial charge in [0.15, 0.2) is 0 Å². The van der Waals surface area contributed by atoms with Gasteiger partial charge < -0.3 is 10.4 Å². The second kappa shape index (κ2) is 14.2. The summed E-state index contributed by atoms with van der Waals surface area (Å²) in [5.41, 5.74) is 3.86. The van der Waals surface area contributed by atoms with Crippen LogP contribution >= 0.6 is 0 Å². The number of hydrogen-bond acceptors (Lipinski definition) is 6. The van der Waals surface area contributed by atoms with Gasteiger partial charge in [0.25, 0.3) is 0 Å². The highest BCUT2D eigenvalue weighted by Crippen LogP contribution is 1.59. The van der Waals surface area contributed by atoms with Crippen LogP contribution in [0.1, 0.15) is 13.8 Å². The van der Waals surface area contributed by atoms with Crippen molar-refractivity contribution >= 4 is 10.4 Å². The first-order valence-electron chi connectivity index (χ1n) is 3.27. The molecule has 0 amide bonds. The average Bonchev–Trinajstić information content (AvgIpc) is 2.01. The Labute approximate surface area is 77.1 Å². The second-order valence-electron chi connectivity index (χ2n) is 1.47. The SMILES string of the molecule is CCNO.CCNO.O=S(=O)(O)O. The van der Waals surface area contributed by atoms with Crippen LogP contribution in [-0.4, -0.2) is 41.0 Å². The Morgan fingerprint density at radius 2 is 1.08 bits per heavy atom. The summed E-state index contributed by atoms with van der Waals surface area (Å²) in [6, 6.07) is 0. The van der Waals surface area contributed by atoms with Crippen LogP contribution in [0.5, 0.6) is 0 Å². The standard InChI is InChI=1S/2C2H7NO.H2O4S/c2*1-2-3-4;1-5(2,3)4/h2*3-4H,2H2,1H3;(H2,1,2,3,4). The molecule has 0 fully saturated rings. The molecular weight excluding hydrogens is 204 g/mol. The van der Waals surface area contributed by atoms with Gasteiger partial charge in [0.2, 0.25) is 0 Å². The van der Waals surface area contributed by atoms with Gasteiger partial charge in [0.1, 0.15) is 0 Å². The third kappa shape index (κ3) is 378.